The molecule has 0 spiro atoms. The predicted molar refractivity (Wildman–Crippen MR) is 78.2 cm³/mol. The van der Waals surface area contributed by atoms with Crippen LogP contribution in [0.25, 0.3) is 0 Å². The lowest BCUT2D eigenvalue weighted by molar-refractivity contribution is -0.384. The molecule has 0 bridgehead atoms. The fourth-order valence-electron chi connectivity index (χ4n) is 2.55. The van der Waals surface area contributed by atoms with Gasteiger partial charge >= 0.3 is 0 Å². The number of nitrogens with zero attached hydrogens (tertiary/aromatic N) is 2. The Bertz CT molecular complexity index is 657. The first kappa shape index (κ1) is 15.7. The van der Waals surface area contributed by atoms with Gasteiger partial charge < -0.3 is 10.0 Å². The maximum atomic E-state index is 11.5. The number of anilines is 1. The maximum Gasteiger partial charge on any atom is 0.293 e. The van der Waals surface area contributed by atoms with Crippen molar-refractivity contribution in [1.29, 1.82) is 0 Å². The number of nitro groups is 1. The summed E-state index contributed by atoms with van der Waals surface area (Å²) in [5, 5.41) is 20.8. The highest BCUT2D eigenvalue weighted by atomic mass is 32.2. The van der Waals surface area contributed by atoms with Crippen LogP contribution in [0.2, 0.25) is 0 Å². The number of sulfone groups is 1. The van der Waals surface area contributed by atoms with Gasteiger partial charge in [0.05, 0.1) is 15.9 Å². The van der Waals surface area contributed by atoms with E-state index in [4.69, 9.17) is 0 Å². The van der Waals surface area contributed by atoms with Gasteiger partial charge in [0.1, 0.15) is 5.69 Å². The van der Waals surface area contributed by atoms with E-state index >= 15 is 0 Å². The number of benzene rings is 1. The van der Waals surface area contributed by atoms with Gasteiger partial charge in [0, 0.05) is 31.3 Å². The van der Waals surface area contributed by atoms with Crippen LogP contribution in [0.5, 0.6) is 0 Å². The van der Waals surface area contributed by atoms with Crippen molar-refractivity contribution in [3.05, 3.63) is 28.3 Å². The normalized spacial score (nSPS) is 20.5. The second-order valence-electron chi connectivity index (χ2n) is 5.42. The lowest BCUT2D eigenvalue weighted by atomic mass is 10.0. The minimum atomic E-state index is -3.49. The van der Waals surface area contributed by atoms with Crippen molar-refractivity contribution in [3.63, 3.8) is 0 Å². The summed E-state index contributed by atoms with van der Waals surface area (Å²) in [4.78, 5) is 12.4. The van der Waals surface area contributed by atoms with Gasteiger partial charge in [-0.25, -0.2) is 8.42 Å². The molecule has 8 heteroatoms. The Labute approximate surface area is 123 Å². The number of hydrogen-bond acceptors (Lipinski definition) is 6. The van der Waals surface area contributed by atoms with Gasteiger partial charge in [0.2, 0.25) is 0 Å². The molecule has 2 unspecified atom stereocenters. The van der Waals surface area contributed by atoms with Crippen molar-refractivity contribution in [3.8, 4) is 0 Å². The van der Waals surface area contributed by atoms with E-state index in [0.717, 1.165) is 18.7 Å². The molecule has 0 aromatic heterocycles. The molecule has 1 fully saturated rings. The Kier molecular flexibility index (Phi) is 4.20. The molecule has 1 N–H and O–H groups in total. The minimum absolute atomic E-state index is 0.0655. The molecule has 116 valence electrons. The quantitative estimate of drug-likeness (QED) is 0.662. The van der Waals surface area contributed by atoms with Gasteiger partial charge in [-0.1, -0.05) is 0 Å². The summed E-state index contributed by atoms with van der Waals surface area (Å²) in [7, 11) is -3.49. The number of rotatable bonds is 4. The van der Waals surface area contributed by atoms with Crippen LogP contribution in [0.15, 0.2) is 23.1 Å². The molecule has 1 aromatic carbocycles. The Morgan fingerprint density at radius 3 is 2.62 bits per heavy atom. The second-order valence-corrected chi connectivity index (χ2v) is 7.43. The van der Waals surface area contributed by atoms with Crippen molar-refractivity contribution in [2.45, 2.75) is 24.3 Å². The van der Waals surface area contributed by atoms with Gasteiger partial charge in [0.25, 0.3) is 5.69 Å². The zero-order valence-corrected chi connectivity index (χ0v) is 12.7. The van der Waals surface area contributed by atoms with Gasteiger partial charge in [-0.3, -0.25) is 10.1 Å². The third kappa shape index (κ3) is 3.33. The topological polar surface area (TPSA) is 101 Å². The molecule has 2 rings (SSSR count). The molecule has 7 nitrogen and oxygen atoms in total. The lowest BCUT2D eigenvalue weighted by Crippen LogP contribution is -2.24. The summed E-state index contributed by atoms with van der Waals surface area (Å²) in [6.45, 7) is 2.83. The third-order valence-corrected chi connectivity index (χ3v) is 4.93. The summed E-state index contributed by atoms with van der Waals surface area (Å²) >= 11 is 0. The molecule has 0 saturated carbocycles. The highest BCUT2D eigenvalue weighted by Gasteiger charge is 2.30. The first-order valence-electron chi connectivity index (χ1n) is 6.61. The minimum Gasteiger partial charge on any atom is -0.393 e. The van der Waals surface area contributed by atoms with Crippen LogP contribution in [-0.2, 0) is 9.84 Å². The average Bonchev–Trinajstić information content (AvgIpc) is 2.86. The first-order valence-corrected chi connectivity index (χ1v) is 8.51. The van der Waals surface area contributed by atoms with Crippen LogP contribution in [-0.4, -0.2) is 43.9 Å². The van der Waals surface area contributed by atoms with Crippen LogP contribution < -0.4 is 4.90 Å². The molecular formula is C13H18N2O5S. The van der Waals surface area contributed by atoms with Gasteiger partial charge in [0.15, 0.2) is 9.84 Å². The summed E-state index contributed by atoms with van der Waals surface area (Å²) in [5.74, 6) is 0.0687. The second kappa shape index (κ2) is 5.61. The number of aliphatic hydroxyl groups is 1. The van der Waals surface area contributed by atoms with E-state index in [0.29, 0.717) is 18.8 Å². The molecule has 2 atom stereocenters. The monoisotopic (exact) mass is 314 g/mol. The highest BCUT2D eigenvalue weighted by molar-refractivity contribution is 7.90. The molecular weight excluding hydrogens is 296 g/mol. The average molecular weight is 314 g/mol. The van der Waals surface area contributed by atoms with E-state index in [-0.39, 0.29) is 16.5 Å². The Morgan fingerprint density at radius 1 is 1.48 bits per heavy atom. The van der Waals surface area contributed by atoms with Crippen LogP contribution in [0, 0.1) is 16.0 Å². The summed E-state index contributed by atoms with van der Waals surface area (Å²) < 4.78 is 23.0. The summed E-state index contributed by atoms with van der Waals surface area (Å²) in [6.07, 6.45) is 1.30. The van der Waals surface area contributed by atoms with Crippen molar-refractivity contribution in [1.82, 2.24) is 0 Å². The maximum absolute atomic E-state index is 11.5. The van der Waals surface area contributed by atoms with Gasteiger partial charge in [-0.05, 0) is 25.5 Å². The van der Waals surface area contributed by atoms with Crippen molar-refractivity contribution < 1.29 is 18.4 Å². The molecule has 0 amide bonds. The molecule has 1 aromatic rings. The fourth-order valence-corrected chi connectivity index (χ4v) is 3.19. The molecule has 0 aliphatic carbocycles. The van der Waals surface area contributed by atoms with Crippen LogP contribution in [0.3, 0.4) is 0 Å². The third-order valence-electron chi connectivity index (χ3n) is 3.82. The van der Waals surface area contributed by atoms with Crippen molar-refractivity contribution in [2.75, 3.05) is 24.2 Å². The molecule has 21 heavy (non-hydrogen) atoms. The first-order chi connectivity index (χ1) is 9.70. The number of hydrogen-bond donors (Lipinski definition) is 1. The van der Waals surface area contributed by atoms with Gasteiger partial charge in [-0.15, -0.1) is 0 Å². The van der Waals surface area contributed by atoms with E-state index < -0.39 is 20.9 Å². The largest absolute Gasteiger partial charge is 0.393 e. The number of aliphatic hydroxyl groups excluding tert-OH is 1. The summed E-state index contributed by atoms with van der Waals surface area (Å²) in [6, 6.07) is 3.95. The van der Waals surface area contributed by atoms with E-state index in [1.54, 1.807) is 6.92 Å². The lowest BCUT2D eigenvalue weighted by Gasteiger charge is -2.19. The van der Waals surface area contributed by atoms with Crippen LogP contribution >= 0.6 is 0 Å². The van der Waals surface area contributed by atoms with Crippen molar-refractivity contribution >= 4 is 21.2 Å². The standard InChI is InChI=1S/C13H18N2O5S/c1-9(16)10-5-6-14(8-10)12-4-3-11(21(2,19)20)7-13(12)15(17)18/h3-4,7,9-10,16H,5-6,8H2,1-2H3. The van der Waals surface area contributed by atoms with E-state index in [9.17, 15) is 23.6 Å². The molecule has 1 heterocycles. The van der Waals surface area contributed by atoms with E-state index in [2.05, 4.69) is 0 Å². The Morgan fingerprint density at radius 2 is 2.14 bits per heavy atom. The smallest absolute Gasteiger partial charge is 0.293 e. The Hall–Kier alpha value is -1.67. The van der Waals surface area contributed by atoms with Crippen molar-refractivity contribution in [2.24, 2.45) is 5.92 Å². The highest BCUT2D eigenvalue weighted by Crippen LogP contribution is 2.34. The zero-order chi connectivity index (χ0) is 15.8. The van der Waals surface area contributed by atoms with Gasteiger partial charge in [-0.2, -0.15) is 0 Å². The predicted octanol–water partition coefficient (Wildman–Crippen LogP) is 1.21. The SMILES string of the molecule is CC(O)C1CCN(c2ccc(S(C)(=O)=O)cc2[N+](=O)[O-])C1. The molecule has 1 aliphatic heterocycles. The zero-order valence-electron chi connectivity index (χ0n) is 11.9. The number of nitro benzene ring substituents is 1. The van der Waals surface area contributed by atoms with E-state index in [1.807, 2.05) is 4.90 Å². The Balaban J connectivity index is 2.39. The molecule has 1 saturated heterocycles. The summed E-state index contributed by atoms with van der Waals surface area (Å²) in [5.41, 5.74) is 0.180. The molecule has 0 radical (unpaired) electrons. The van der Waals surface area contributed by atoms with Crippen LogP contribution in [0.1, 0.15) is 13.3 Å². The van der Waals surface area contributed by atoms with E-state index in [1.165, 1.54) is 12.1 Å². The fraction of sp³-hybridized carbons (Fsp3) is 0.538. The molecule has 1 aliphatic rings. The van der Waals surface area contributed by atoms with Crippen LogP contribution in [0.4, 0.5) is 11.4 Å².